The maximum absolute atomic E-state index is 12.9. The Kier molecular flexibility index (Phi) is 5.94. The molecule has 0 unspecified atom stereocenters. The van der Waals surface area contributed by atoms with Gasteiger partial charge in [0.2, 0.25) is 0 Å². The van der Waals surface area contributed by atoms with Gasteiger partial charge in [0.15, 0.2) is 0 Å². The molecule has 0 spiro atoms. The summed E-state index contributed by atoms with van der Waals surface area (Å²) in [6, 6.07) is 10.2. The largest absolute Gasteiger partial charge is 0.372 e. The minimum Gasteiger partial charge on any atom is -0.372 e. The zero-order valence-corrected chi connectivity index (χ0v) is 17.4. The second-order valence-electron chi connectivity index (χ2n) is 7.78. The molecule has 3 heterocycles. The van der Waals surface area contributed by atoms with Crippen LogP contribution in [0.5, 0.6) is 0 Å². The number of nitrogens with zero attached hydrogens (tertiary/aromatic N) is 5. The lowest BCUT2D eigenvalue weighted by atomic mass is 10.2. The summed E-state index contributed by atoms with van der Waals surface area (Å²) in [6.07, 6.45) is 2.54. The third-order valence-electron chi connectivity index (χ3n) is 5.77. The van der Waals surface area contributed by atoms with Crippen molar-refractivity contribution in [1.29, 1.82) is 0 Å². The predicted molar refractivity (Wildman–Crippen MR) is 116 cm³/mol. The normalized spacial score (nSPS) is 17.6. The summed E-state index contributed by atoms with van der Waals surface area (Å²) < 4.78 is 0. The Bertz CT molecular complexity index is 839. The Hall–Kier alpha value is -2.67. The molecule has 2 saturated heterocycles. The molecule has 2 aliphatic rings. The fraction of sp³-hybridized carbons (Fsp3) is 0.500. The SMILES string of the molecule is CCN1CCN(C(=O)c2cc(Nc3ccc(N4CCCC4)cc3)nc(C)n2)CC1. The van der Waals surface area contributed by atoms with Crippen LogP contribution in [0.1, 0.15) is 36.1 Å². The summed E-state index contributed by atoms with van der Waals surface area (Å²) in [7, 11) is 0. The number of anilines is 3. The monoisotopic (exact) mass is 394 g/mol. The number of carbonyl (C=O) groups excluding carboxylic acids is 1. The number of nitrogens with one attached hydrogen (secondary N) is 1. The molecule has 7 heteroatoms. The van der Waals surface area contributed by atoms with Crippen molar-refractivity contribution in [3.63, 3.8) is 0 Å². The van der Waals surface area contributed by atoms with E-state index >= 15 is 0 Å². The number of aromatic nitrogens is 2. The number of rotatable bonds is 5. The van der Waals surface area contributed by atoms with Gasteiger partial charge in [0.05, 0.1) is 0 Å². The van der Waals surface area contributed by atoms with Crippen LogP contribution in [0.25, 0.3) is 0 Å². The first-order chi connectivity index (χ1) is 14.1. The molecule has 2 aliphatic heterocycles. The Balaban J connectivity index is 1.44. The van der Waals surface area contributed by atoms with Crippen LogP contribution >= 0.6 is 0 Å². The maximum atomic E-state index is 12.9. The van der Waals surface area contributed by atoms with Gasteiger partial charge in [0.25, 0.3) is 5.91 Å². The van der Waals surface area contributed by atoms with Crippen molar-refractivity contribution in [2.24, 2.45) is 0 Å². The van der Waals surface area contributed by atoms with E-state index in [-0.39, 0.29) is 5.91 Å². The molecule has 1 aromatic carbocycles. The molecular weight excluding hydrogens is 364 g/mol. The maximum Gasteiger partial charge on any atom is 0.272 e. The molecule has 0 bridgehead atoms. The number of carbonyl (C=O) groups is 1. The van der Waals surface area contributed by atoms with E-state index < -0.39 is 0 Å². The highest BCUT2D eigenvalue weighted by atomic mass is 16.2. The number of benzene rings is 1. The van der Waals surface area contributed by atoms with Crippen LogP contribution in [0.2, 0.25) is 0 Å². The molecule has 1 N–H and O–H groups in total. The summed E-state index contributed by atoms with van der Waals surface area (Å²) >= 11 is 0. The standard InChI is InChI=1S/C22H30N6O/c1-3-26-12-14-28(15-13-26)22(29)20-16-21(24-17(2)23-20)25-18-6-8-19(9-7-18)27-10-4-5-11-27/h6-9,16H,3-5,10-15H2,1-2H3,(H,23,24,25). The van der Waals surface area contributed by atoms with Crippen molar-refractivity contribution in [1.82, 2.24) is 19.8 Å². The van der Waals surface area contributed by atoms with Crippen molar-refractivity contribution in [2.45, 2.75) is 26.7 Å². The molecule has 4 rings (SSSR count). The Morgan fingerprint density at radius 3 is 2.34 bits per heavy atom. The van der Waals surface area contributed by atoms with E-state index in [1.54, 1.807) is 6.07 Å². The van der Waals surface area contributed by atoms with Gasteiger partial charge in [-0.25, -0.2) is 9.97 Å². The van der Waals surface area contributed by atoms with Crippen molar-refractivity contribution in [3.8, 4) is 0 Å². The van der Waals surface area contributed by atoms with Gasteiger partial charge < -0.3 is 20.0 Å². The van der Waals surface area contributed by atoms with Crippen LogP contribution in [0.4, 0.5) is 17.2 Å². The minimum absolute atomic E-state index is 0.0151. The summed E-state index contributed by atoms with van der Waals surface area (Å²) in [5.74, 6) is 1.24. The van der Waals surface area contributed by atoms with Gasteiger partial charge in [-0.05, 0) is 50.6 Å². The first kappa shape index (κ1) is 19.6. The van der Waals surface area contributed by atoms with Gasteiger partial charge in [0.1, 0.15) is 17.3 Å². The molecule has 1 aromatic heterocycles. The van der Waals surface area contributed by atoms with Gasteiger partial charge in [-0.3, -0.25) is 4.79 Å². The van der Waals surface area contributed by atoms with Crippen molar-refractivity contribution in [3.05, 3.63) is 41.9 Å². The molecule has 0 aliphatic carbocycles. The summed E-state index contributed by atoms with van der Waals surface area (Å²) in [4.78, 5) is 28.4. The van der Waals surface area contributed by atoms with Gasteiger partial charge >= 0.3 is 0 Å². The van der Waals surface area contributed by atoms with Crippen LogP contribution in [-0.2, 0) is 0 Å². The third kappa shape index (κ3) is 4.67. The van der Waals surface area contributed by atoms with Crippen LogP contribution < -0.4 is 10.2 Å². The second-order valence-corrected chi connectivity index (χ2v) is 7.78. The van der Waals surface area contributed by atoms with E-state index in [2.05, 4.69) is 56.3 Å². The average Bonchev–Trinajstić information content (AvgIpc) is 3.28. The van der Waals surface area contributed by atoms with E-state index in [0.29, 0.717) is 17.3 Å². The minimum atomic E-state index is -0.0151. The predicted octanol–water partition coefficient (Wildman–Crippen LogP) is 2.91. The number of likely N-dealkylation sites (N-methyl/N-ethyl adjacent to an activating group) is 1. The highest BCUT2D eigenvalue weighted by molar-refractivity contribution is 5.93. The number of hydrogen-bond donors (Lipinski definition) is 1. The second kappa shape index (κ2) is 8.78. The van der Waals surface area contributed by atoms with Gasteiger partial charge in [0, 0.05) is 56.7 Å². The van der Waals surface area contributed by atoms with Crippen LogP contribution in [-0.4, -0.2) is 71.5 Å². The summed E-state index contributed by atoms with van der Waals surface area (Å²) in [6.45, 7) is 10.6. The van der Waals surface area contributed by atoms with E-state index in [0.717, 1.165) is 51.5 Å². The number of hydrogen-bond acceptors (Lipinski definition) is 6. The van der Waals surface area contributed by atoms with E-state index in [9.17, 15) is 4.79 Å². The lowest BCUT2D eigenvalue weighted by Crippen LogP contribution is -2.48. The molecule has 1 amide bonds. The van der Waals surface area contributed by atoms with E-state index in [1.807, 2.05) is 11.8 Å². The first-order valence-electron chi connectivity index (χ1n) is 10.6. The highest BCUT2D eigenvalue weighted by Gasteiger charge is 2.23. The van der Waals surface area contributed by atoms with Crippen molar-refractivity contribution in [2.75, 3.05) is 56.0 Å². The molecule has 29 heavy (non-hydrogen) atoms. The summed E-state index contributed by atoms with van der Waals surface area (Å²) in [5, 5.41) is 3.33. The fourth-order valence-electron chi connectivity index (χ4n) is 4.05. The Labute approximate surface area is 172 Å². The van der Waals surface area contributed by atoms with Crippen LogP contribution in [0, 0.1) is 6.92 Å². The topological polar surface area (TPSA) is 64.6 Å². The first-order valence-corrected chi connectivity index (χ1v) is 10.6. The lowest BCUT2D eigenvalue weighted by molar-refractivity contribution is 0.0637. The highest BCUT2D eigenvalue weighted by Crippen LogP contribution is 2.24. The Morgan fingerprint density at radius 1 is 1.00 bits per heavy atom. The quantitative estimate of drug-likeness (QED) is 0.841. The molecule has 0 radical (unpaired) electrons. The van der Waals surface area contributed by atoms with Crippen LogP contribution in [0.15, 0.2) is 30.3 Å². The van der Waals surface area contributed by atoms with E-state index in [4.69, 9.17) is 0 Å². The van der Waals surface area contributed by atoms with Crippen molar-refractivity contribution < 1.29 is 4.79 Å². The molecular formula is C22H30N6O. The molecule has 0 atom stereocenters. The Morgan fingerprint density at radius 2 is 1.69 bits per heavy atom. The van der Waals surface area contributed by atoms with E-state index in [1.165, 1.54) is 18.5 Å². The number of amides is 1. The third-order valence-corrected chi connectivity index (χ3v) is 5.77. The van der Waals surface area contributed by atoms with Gasteiger partial charge in [-0.1, -0.05) is 6.92 Å². The van der Waals surface area contributed by atoms with Gasteiger partial charge in [-0.2, -0.15) is 0 Å². The fourth-order valence-corrected chi connectivity index (χ4v) is 4.05. The van der Waals surface area contributed by atoms with Crippen LogP contribution in [0.3, 0.4) is 0 Å². The summed E-state index contributed by atoms with van der Waals surface area (Å²) in [5.41, 5.74) is 2.67. The zero-order valence-electron chi connectivity index (χ0n) is 17.4. The molecule has 154 valence electrons. The zero-order chi connectivity index (χ0) is 20.2. The van der Waals surface area contributed by atoms with Gasteiger partial charge in [-0.15, -0.1) is 0 Å². The smallest absolute Gasteiger partial charge is 0.272 e. The molecule has 2 fully saturated rings. The molecule has 2 aromatic rings. The molecule has 7 nitrogen and oxygen atoms in total. The number of aryl methyl sites for hydroxylation is 1. The number of piperazine rings is 1. The lowest BCUT2D eigenvalue weighted by Gasteiger charge is -2.33. The van der Waals surface area contributed by atoms with Crippen molar-refractivity contribution >= 4 is 23.1 Å². The average molecular weight is 395 g/mol. The molecule has 0 saturated carbocycles.